The van der Waals surface area contributed by atoms with Gasteiger partial charge in [-0.25, -0.2) is 4.79 Å². The van der Waals surface area contributed by atoms with Gasteiger partial charge in [-0.3, -0.25) is 9.48 Å². The summed E-state index contributed by atoms with van der Waals surface area (Å²) in [6.45, 7) is 5.98. The topological polar surface area (TPSA) is 76.5 Å². The summed E-state index contributed by atoms with van der Waals surface area (Å²) in [6.07, 6.45) is 4.32. The number of anilines is 1. The summed E-state index contributed by atoms with van der Waals surface area (Å²) < 4.78 is 7.19. The predicted molar refractivity (Wildman–Crippen MR) is 128 cm³/mol. The second-order valence-corrected chi connectivity index (χ2v) is 9.37. The Bertz CT molecular complexity index is 1150. The summed E-state index contributed by atoms with van der Waals surface area (Å²) in [5, 5.41) is 7.07. The first kappa shape index (κ1) is 22.6. The molecular formula is C26H30N4O3. The molecule has 7 nitrogen and oxygen atoms in total. The van der Waals surface area contributed by atoms with Crippen molar-refractivity contribution in [2.24, 2.45) is 7.05 Å². The first-order chi connectivity index (χ1) is 15.7. The van der Waals surface area contributed by atoms with Gasteiger partial charge in [0.1, 0.15) is 11.6 Å². The molecule has 4 rings (SSSR count). The first-order valence-electron chi connectivity index (χ1n) is 11.2. The molecule has 33 heavy (non-hydrogen) atoms. The fourth-order valence-electron chi connectivity index (χ4n) is 4.05. The maximum Gasteiger partial charge on any atom is 0.408 e. The number of benzene rings is 2. The Morgan fingerprint density at radius 2 is 1.88 bits per heavy atom. The lowest BCUT2D eigenvalue weighted by Gasteiger charge is -2.27. The lowest BCUT2D eigenvalue weighted by Crippen LogP contribution is -2.50. The van der Waals surface area contributed by atoms with Crippen molar-refractivity contribution < 1.29 is 14.3 Å². The molecule has 1 aliphatic heterocycles. The molecule has 0 saturated heterocycles. The highest BCUT2D eigenvalue weighted by atomic mass is 16.6. The van der Waals surface area contributed by atoms with Gasteiger partial charge in [0, 0.05) is 37.5 Å². The van der Waals surface area contributed by atoms with E-state index in [1.54, 1.807) is 30.4 Å². The molecule has 1 N–H and O–H groups in total. The van der Waals surface area contributed by atoms with E-state index < -0.39 is 17.7 Å². The number of carbonyl (C=O) groups excluding carboxylic acids is 2. The third-order valence-electron chi connectivity index (χ3n) is 5.56. The summed E-state index contributed by atoms with van der Waals surface area (Å²) in [5.74, 6) is -0.146. The van der Waals surface area contributed by atoms with Crippen LogP contribution in [0, 0.1) is 0 Å². The van der Waals surface area contributed by atoms with Crippen molar-refractivity contribution in [1.82, 2.24) is 15.1 Å². The van der Waals surface area contributed by atoms with Crippen LogP contribution in [0.2, 0.25) is 0 Å². The number of hydrogen-bond acceptors (Lipinski definition) is 4. The maximum atomic E-state index is 13.7. The van der Waals surface area contributed by atoms with E-state index in [1.165, 1.54) is 0 Å². The van der Waals surface area contributed by atoms with Crippen LogP contribution >= 0.6 is 0 Å². The minimum Gasteiger partial charge on any atom is -0.444 e. The van der Waals surface area contributed by atoms with Gasteiger partial charge in [-0.15, -0.1) is 0 Å². The Morgan fingerprint density at radius 1 is 1.12 bits per heavy atom. The van der Waals surface area contributed by atoms with E-state index in [-0.39, 0.29) is 5.91 Å². The Kier molecular flexibility index (Phi) is 6.22. The standard InChI is InChI=1S/C26H30N4O3/c1-26(2,3)33-25(32)28-22(14-18-8-6-5-7-9-18)24(31)30-13-12-19-10-11-20(15-23(19)30)21-16-27-29(4)17-21/h5-11,15-17,22H,12-14H2,1-4H3,(H,28,32). The van der Waals surface area contributed by atoms with E-state index in [0.29, 0.717) is 13.0 Å². The Balaban J connectivity index is 1.60. The number of ether oxygens (including phenoxy) is 1. The lowest BCUT2D eigenvalue weighted by molar-refractivity contribution is -0.120. The minimum absolute atomic E-state index is 0.146. The van der Waals surface area contributed by atoms with E-state index in [1.807, 2.05) is 55.8 Å². The zero-order valence-electron chi connectivity index (χ0n) is 19.5. The Hall–Kier alpha value is -3.61. The number of rotatable bonds is 5. The van der Waals surface area contributed by atoms with Crippen LogP contribution < -0.4 is 10.2 Å². The molecule has 1 unspecified atom stereocenters. The third-order valence-corrected chi connectivity index (χ3v) is 5.56. The van der Waals surface area contributed by atoms with E-state index in [0.717, 1.165) is 34.4 Å². The van der Waals surface area contributed by atoms with E-state index >= 15 is 0 Å². The smallest absolute Gasteiger partial charge is 0.408 e. The first-order valence-corrected chi connectivity index (χ1v) is 11.2. The summed E-state index contributed by atoms with van der Waals surface area (Å²) >= 11 is 0. The van der Waals surface area contributed by atoms with Crippen molar-refractivity contribution in [3.05, 3.63) is 72.1 Å². The van der Waals surface area contributed by atoms with E-state index in [2.05, 4.69) is 22.5 Å². The van der Waals surface area contributed by atoms with Crippen LogP contribution in [-0.4, -0.2) is 40.0 Å². The van der Waals surface area contributed by atoms with Crippen molar-refractivity contribution in [3.63, 3.8) is 0 Å². The van der Waals surface area contributed by atoms with Crippen molar-refractivity contribution in [3.8, 4) is 11.1 Å². The highest BCUT2D eigenvalue weighted by Crippen LogP contribution is 2.33. The molecule has 0 saturated carbocycles. The van der Waals surface area contributed by atoms with Gasteiger partial charge in [-0.2, -0.15) is 5.10 Å². The van der Waals surface area contributed by atoms with E-state index in [9.17, 15) is 9.59 Å². The summed E-state index contributed by atoms with van der Waals surface area (Å²) in [4.78, 5) is 28.0. The number of aromatic nitrogens is 2. The van der Waals surface area contributed by atoms with Gasteiger partial charge in [0.2, 0.25) is 5.91 Å². The van der Waals surface area contributed by atoms with Gasteiger partial charge in [0.15, 0.2) is 0 Å². The molecule has 1 aromatic heterocycles. The van der Waals surface area contributed by atoms with Crippen LogP contribution in [0.1, 0.15) is 31.9 Å². The third kappa shape index (κ3) is 5.42. The van der Waals surface area contributed by atoms with Crippen molar-refractivity contribution in [1.29, 1.82) is 0 Å². The van der Waals surface area contributed by atoms with Crippen LogP contribution in [0.15, 0.2) is 60.9 Å². The molecule has 0 fully saturated rings. The second-order valence-electron chi connectivity index (χ2n) is 9.37. The normalized spacial score (nSPS) is 14.0. The van der Waals surface area contributed by atoms with Gasteiger partial charge in [0.05, 0.1) is 6.20 Å². The fraction of sp³-hybridized carbons (Fsp3) is 0.346. The maximum absolute atomic E-state index is 13.7. The van der Waals surface area contributed by atoms with Gasteiger partial charge in [-0.1, -0.05) is 42.5 Å². The lowest BCUT2D eigenvalue weighted by atomic mass is 10.0. The summed E-state index contributed by atoms with van der Waals surface area (Å²) in [5.41, 5.74) is 4.31. The highest BCUT2D eigenvalue weighted by Gasteiger charge is 2.32. The van der Waals surface area contributed by atoms with Crippen LogP contribution in [-0.2, 0) is 29.4 Å². The van der Waals surface area contributed by atoms with Gasteiger partial charge in [0.25, 0.3) is 0 Å². The molecule has 172 valence electrons. The molecule has 7 heteroatoms. The van der Waals surface area contributed by atoms with Crippen LogP contribution in [0.4, 0.5) is 10.5 Å². The predicted octanol–water partition coefficient (Wildman–Crippen LogP) is 4.11. The zero-order valence-corrected chi connectivity index (χ0v) is 19.5. The summed E-state index contributed by atoms with van der Waals surface area (Å²) in [6, 6.07) is 15.1. The number of alkyl carbamates (subject to hydrolysis) is 1. The second kappa shape index (κ2) is 9.10. The Labute approximate surface area is 194 Å². The van der Waals surface area contributed by atoms with Gasteiger partial charge in [-0.05, 0) is 49.9 Å². The molecule has 2 aromatic carbocycles. The number of nitrogens with zero attached hydrogens (tertiary/aromatic N) is 3. The molecule has 0 bridgehead atoms. The molecule has 0 spiro atoms. The molecule has 0 aliphatic carbocycles. The van der Waals surface area contributed by atoms with Gasteiger partial charge >= 0.3 is 6.09 Å². The molecule has 2 amide bonds. The van der Waals surface area contributed by atoms with Crippen molar-refractivity contribution >= 4 is 17.7 Å². The molecule has 0 radical (unpaired) electrons. The fourth-order valence-corrected chi connectivity index (χ4v) is 4.05. The average Bonchev–Trinajstić information content (AvgIpc) is 3.38. The molecule has 1 atom stereocenters. The minimum atomic E-state index is -0.741. The number of carbonyl (C=O) groups is 2. The largest absolute Gasteiger partial charge is 0.444 e. The van der Waals surface area contributed by atoms with Crippen LogP contribution in [0.5, 0.6) is 0 Å². The monoisotopic (exact) mass is 446 g/mol. The quantitative estimate of drug-likeness (QED) is 0.640. The number of fused-ring (bicyclic) bond motifs is 1. The highest BCUT2D eigenvalue weighted by molar-refractivity contribution is 6.01. The van der Waals surface area contributed by atoms with Crippen LogP contribution in [0.25, 0.3) is 11.1 Å². The number of hydrogen-bond donors (Lipinski definition) is 1. The van der Waals surface area contributed by atoms with Crippen molar-refractivity contribution in [2.45, 2.75) is 45.3 Å². The molecular weight excluding hydrogens is 416 g/mol. The molecule has 2 heterocycles. The SMILES string of the molecule is Cn1cc(-c2ccc3c(c2)N(C(=O)C(Cc2ccccc2)NC(=O)OC(C)(C)C)CC3)cn1. The van der Waals surface area contributed by atoms with E-state index in [4.69, 9.17) is 4.74 Å². The molecule has 3 aromatic rings. The van der Waals surface area contributed by atoms with Gasteiger partial charge < -0.3 is 15.0 Å². The Morgan fingerprint density at radius 3 is 2.55 bits per heavy atom. The molecule has 1 aliphatic rings. The van der Waals surface area contributed by atoms with Crippen LogP contribution in [0.3, 0.4) is 0 Å². The average molecular weight is 447 g/mol. The number of amides is 2. The number of aryl methyl sites for hydroxylation is 1. The number of nitrogens with one attached hydrogen (secondary N) is 1. The summed E-state index contributed by atoms with van der Waals surface area (Å²) in [7, 11) is 1.88. The zero-order chi connectivity index (χ0) is 23.6. The van der Waals surface area contributed by atoms with Crippen molar-refractivity contribution in [2.75, 3.05) is 11.4 Å².